The van der Waals surface area contributed by atoms with Gasteiger partial charge in [0, 0.05) is 25.5 Å². The van der Waals surface area contributed by atoms with Crippen molar-refractivity contribution >= 4 is 16.8 Å². The lowest BCUT2D eigenvalue weighted by molar-refractivity contribution is 0.0777. The Labute approximate surface area is 161 Å². The Morgan fingerprint density at radius 2 is 1.70 bits per heavy atom. The highest BCUT2D eigenvalue weighted by molar-refractivity contribution is 6.03. The molecule has 4 rings (SSSR count). The molecule has 0 bridgehead atoms. The van der Waals surface area contributed by atoms with Crippen molar-refractivity contribution in [3.05, 3.63) is 70.4 Å². The maximum atomic E-state index is 13.3. The van der Waals surface area contributed by atoms with Crippen molar-refractivity contribution < 1.29 is 4.79 Å². The molecule has 0 fully saturated rings. The van der Waals surface area contributed by atoms with Gasteiger partial charge in [-0.15, -0.1) is 0 Å². The monoisotopic (exact) mass is 360 g/mol. The van der Waals surface area contributed by atoms with Crippen LogP contribution in [-0.2, 0) is 19.4 Å². The van der Waals surface area contributed by atoms with Crippen LogP contribution < -0.4 is 0 Å². The predicted octanol–water partition coefficient (Wildman–Crippen LogP) is 4.91. The minimum Gasteiger partial charge on any atom is -0.340 e. The molecule has 1 aromatic heterocycles. The Hall–Kier alpha value is -2.55. The van der Waals surface area contributed by atoms with E-state index in [2.05, 4.69) is 60.9 Å². The third-order valence-electron chi connectivity index (χ3n) is 5.90. The maximum Gasteiger partial charge on any atom is 0.270 e. The fourth-order valence-electron chi connectivity index (χ4n) is 4.45. The van der Waals surface area contributed by atoms with Crippen molar-refractivity contribution in [3.8, 4) is 0 Å². The number of nitrogens with zero attached hydrogens (tertiary/aromatic N) is 2. The minimum absolute atomic E-state index is 0.174. The SMILES string of the molecule is Cc1ccc(C)c2c1c1c(n2CCc2ccccc2)C(=O)N(C)CCCC1. The summed E-state index contributed by atoms with van der Waals surface area (Å²) >= 11 is 0. The summed E-state index contributed by atoms with van der Waals surface area (Å²) in [5.41, 5.74) is 7.27. The first-order valence-corrected chi connectivity index (χ1v) is 9.98. The number of fused-ring (bicyclic) bond motifs is 3. The number of aromatic nitrogens is 1. The summed E-state index contributed by atoms with van der Waals surface area (Å²) in [6.45, 7) is 6.02. The lowest BCUT2D eigenvalue weighted by Crippen LogP contribution is -2.32. The van der Waals surface area contributed by atoms with Crippen LogP contribution >= 0.6 is 0 Å². The highest BCUT2D eigenvalue weighted by Crippen LogP contribution is 2.34. The van der Waals surface area contributed by atoms with Gasteiger partial charge in [0.2, 0.25) is 0 Å². The highest BCUT2D eigenvalue weighted by atomic mass is 16.2. The first-order chi connectivity index (χ1) is 13.1. The van der Waals surface area contributed by atoms with Crippen LogP contribution in [-0.4, -0.2) is 29.0 Å². The first kappa shape index (κ1) is 17.8. The number of amides is 1. The van der Waals surface area contributed by atoms with Gasteiger partial charge in [-0.25, -0.2) is 0 Å². The lowest BCUT2D eigenvalue weighted by Gasteiger charge is -2.22. The van der Waals surface area contributed by atoms with E-state index in [1.165, 1.54) is 33.2 Å². The largest absolute Gasteiger partial charge is 0.340 e. The predicted molar refractivity (Wildman–Crippen MR) is 111 cm³/mol. The van der Waals surface area contributed by atoms with Crippen LogP contribution in [0.15, 0.2) is 42.5 Å². The fraction of sp³-hybridized carbons (Fsp3) is 0.375. The van der Waals surface area contributed by atoms with Crippen molar-refractivity contribution in [1.82, 2.24) is 9.47 Å². The van der Waals surface area contributed by atoms with Crippen LogP contribution in [0.25, 0.3) is 10.9 Å². The van der Waals surface area contributed by atoms with Gasteiger partial charge in [0.15, 0.2) is 0 Å². The van der Waals surface area contributed by atoms with Gasteiger partial charge in [-0.05, 0) is 61.8 Å². The normalized spacial score (nSPS) is 14.9. The summed E-state index contributed by atoms with van der Waals surface area (Å²) < 4.78 is 2.31. The molecule has 0 radical (unpaired) electrons. The molecule has 0 unspecified atom stereocenters. The van der Waals surface area contributed by atoms with E-state index in [4.69, 9.17) is 0 Å². The molecule has 3 heteroatoms. The van der Waals surface area contributed by atoms with Crippen LogP contribution in [0.3, 0.4) is 0 Å². The molecule has 3 aromatic rings. The Kier molecular flexibility index (Phi) is 4.77. The van der Waals surface area contributed by atoms with Gasteiger partial charge in [-0.3, -0.25) is 4.79 Å². The molecule has 0 saturated carbocycles. The Balaban J connectivity index is 1.91. The second-order valence-electron chi connectivity index (χ2n) is 7.82. The zero-order chi connectivity index (χ0) is 19.0. The van der Waals surface area contributed by atoms with Gasteiger partial charge in [0.1, 0.15) is 5.69 Å². The van der Waals surface area contributed by atoms with Gasteiger partial charge in [-0.2, -0.15) is 0 Å². The van der Waals surface area contributed by atoms with E-state index in [-0.39, 0.29) is 5.91 Å². The average molecular weight is 361 g/mol. The van der Waals surface area contributed by atoms with Crippen LogP contribution in [0, 0.1) is 13.8 Å². The number of rotatable bonds is 3. The van der Waals surface area contributed by atoms with E-state index in [1.807, 2.05) is 11.9 Å². The van der Waals surface area contributed by atoms with Crippen molar-refractivity contribution in [2.75, 3.05) is 13.6 Å². The summed E-state index contributed by atoms with van der Waals surface area (Å²) in [7, 11) is 1.94. The summed E-state index contributed by atoms with van der Waals surface area (Å²) in [5, 5.41) is 1.31. The molecule has 0 spiro atoms. The molecule has 0 saturated heterocycles. The van der Waals surface area contributed by atoms with Crippen molar-refractivity contribution in [3.63, 3.8) is 0 Å². The van der Waals surface area contributed by atoms with Crippen LogP contribution in [0.2, 0.25) is 0 Å². The molecule has 0 atom stereocenters. The average Bonchev–Trinajstić information content (AvgIpc) is 3.00. The van der Waals surface area contributed by atoms with E-state index in [0.29, 0.717) is 0 Å². The van der Waals surface area contributed by atoms with E-state index >= 15 is 0 Å². The van der Waals surface area contributed by atoms with Crippen molar-refractivity contribution in [2.24, 2.45) is 0 Å². The Morgan fingerprint density at radius 1 is 0.963 bits per heavy atom. The highest BCUT2D eigenvalue weighted by Gasteiger charge is 2.27. The van der Waals surface area contributed by atoms with E-state index in [1.54, 1.807) is 0 Å². The van der Waals surface area contributed by atoms with Gasteiger partial charge < -0.3 is 9.47 Å². The topological polar surface area (TPSA) is 25.2 Å². The molecule has 2 aromatic carbocycles. The smallest absolute Gasteiger partial charge is 0.270 e. The molecule has 2 heterocycles. The van der Waals surface area contributed by atoms with Crippen LogP contribution in [0.1, 0.15) is 45.6 Å². The van der Waals surface area contributed by atoms with Gasteiger partial charge in [0.25, 0.3) is 5.91 Å². The molecule has 3 nitrogen and oxygen atoms in total. The molecule has 1 aliphatic heterocycles. The maximum absolute atomic E-state index is 13.3. The summed E-state index contributed by atoms with van der Waals surface area (Å²) in [4.78, 5) is 15.2. The van der Waals surface area contributed by atoms with Gasteiger partial charge in [0.05, 0.1) is 5.52 Å². The standard InChI is InChI=1S/C24H28N2O/c1-17-12-13-18(2)22-21(17)20-11-7-8-15-25(3)24(27)23(20)26(22)16-14-19-9-5-4-6-10-19/h4-6,9-10,12-13H,7-8,11,14-16H2,1-3H3. The number of hydrogen-bond donors (Lipinski definition) is 0. The molecule has 140 valence electrons. The number of aryl methyl sites for hydroxylation is 5. The number of hydrogen-bond acceptors (Lipinski definition) is 1. The second-order valence-corrected chi connectivity index (χ2v) is 7.82. The zero-order valence-corrected chi connectivity index (χ0v) is 16.6. The van der Waals surface area contributed by atoms with Crippen LogP contribution in [0.4, 0.5) is 0 Å². The molecule has 0 aliphatic carbocycles. The molecule has 1 amide bonds. The quantitative estimate of drug-likeness (QED) is 0.651. The minimum atomic E-state index is 0.174. The molecule has 27 heavy (non-hydrogen) atoms. The molecular weight excluding hydrogens is 332 g/mol. The first-order valence-electron chi connectivity index (χ1n) is 9.98. The third kappa shape index (κ3) is 3.16. The van der Waals surface area contributed by atoms with E-state index < -0.39 is 0 Å². The number of carbonyl (C=O) groups excluding carboxylic acids is 1. The second kappa shape index (κ2) is 7.22. The molecule has 0 N–H and O–H groups in total. The summed E-state index contributed by atoms with van der Waals surface area (Å²) in [6.07, 6.45) is 4.13. The van der Waals surface area contributed by atoms with Gasteiger partial charge in [-0.1, -0.05) is 42.5 Å². The molecule has 1 aliphatic rings. The Bertz CT molecular complexity index is 985. The van der Waals surface area contributed by atoms with Crippen molar-refractivity contribution in [1.29, 1.82) is 0 Å². The lowest BCUT2D eigenvalue weighted by atomic mass is 9.98. The third-order valence-corrected chi connectivity index (χ3v) is 5.90. The number of carbonyl (C=O) groups is 1. The summed E-state index contributed by atoms with van der Waals surface area (Å²) in [5.74, 6) is 0.174. The zero-order valence-electron chi connectivity index (χ0n) is 16.6. The Morgan fingerprint density at radius 3 is 2.48 bits per heavy atom. The number of benzene rings is 2. The summed E-state index contributed by atoms with van der Waals surface area (Å²) in [6, 6.07) is 15.0. The fourth-order valence-corrected chi connectivity index (χ4v) is 4.45. The van der Waals surface area contributed by atoms with Gasteiger partial charge >= 0.3 is 0 Å². The van der Waals surface area contributed by atoms with E-state index in [0.717, 1.165) is 44.5 Å². The van der Waals surface area contributed by atoms with Crippen LogP contribution in [0.5, 0.6) is 0 Å². The van der Waals surface area contributed by atoms with E-state index in [9.17, 15) is 4.79 Å². The molecular formula is C24H28N2O. The van der Waals surface area contributed by atoms with Crippen molar-refractivity contribution in [2.45, 2.75) is 46.1 Å².